The molecule has 162 valence electrons. The second kappa shape index (κ2) is 7.38. The van der Waals surface area contributed by atoms with Crippen molar-refractivity contribution in [1.29, 1.82) is 0 Å². The number of hydrogen-bond donors (Lipinski definition) is 2. The van der Waals surface area contributed by atoms with Crippen LogP contribution in [0.1, 0.15) is 28.9 Å². The summed E-state index contributed by atoms with van der Waals surface area (Å²) in [6, 6.07) is 8.18. The quantitative estimate of drug-likeness (QED) is 0.644. The first kappa shape index (κ1) is 20.9. The van der Waals surface area contributed by atoms with Crippen LogP contribution in [0.25, 0.3) is 22.3 Å². The average molecular weight is 445 g/mol. The van der Waals surface area contributed by atoms with Crippen LogP contribution in [0.2, 0.25) is 0 Å². The lowest BCUT2D eigenvalue weighted by molar-refractivity contribution is -0.120. The summed E-state index contributed by atoms with van der Waals surface area (Å²) in [5.41, 5.74) is 1.82. The van der Waals surface area contributed by atoms with Gasteiger partial charge in [0.15, 0.2) is 0 Å². The summed E-state index contributed by atoms with van der Waals surface area (Å²) < 4.78 is 45.2. The van der Waals surface area contributed by atoms with Crippen LogP contribution in [0.3, 0.4) is 0 Å². The van der Waals surface area contributed by atoms with E-state index in [2.05, 4.69) is 10.6 Å². The summed E-state index contributed by atoms with van der Waals surface area (Å²) >= 11 is 0. The van der Waals surface area contributed by atoms with Crippen LogP contribution in [-0.2, 0) is 14.8 Å². The highest BCUT2D eigenvalue weighted by Gasteiger charge is 2.32. The number of fused-ring (bicyclic) bond motifs is 2. The predicted molar refractivity (Wildman–Crippen MR) is 114 cm³/mol. The summed E-state index contributed by atoms with van der Waals surface area (Å²) in [4.78, 5) is 24.9. The Balaban J connectivity index is 2.04. The zero-order chi connectivity index (χ0) is 22.5. The highest BCUT2D eigenvalue weighted by atomic mass is 32.2. The number of halogens is 1. The van der Waals surface area contributed by atoms with Crippen LogP contribution < -0.4 is 14.9 Å². The van der Waals surface area contributed by atoms with E-state index in [1.165, 1.54) is 37.4 Å². The van der Waals surface area contributed by atoms with E-state index in [-0.39, 0.29) is 23.5 Å². The van der Waals surface area contributed by atoms with Crippen molar-refractivity contribution >= 4 is 38.5 Å². The number of nitrogens with zero attached hydrogens (tertiary/aromatic N) is 1. The van der Waals surface area contributed by atoms with E-state index >= 15 is 0 Å². The molecule has 10 heteroatoms. The fraction of sp³-hybridized carbons (Fsp3) is 0.238. The molecule has 0 aliphatic carbocycles. The van der Waals surface area contributed by atoms with Crippen molar-refractivity contribution in [3.63, 3.8) is 0 Å². The molecule has 2 heterocycles. The largest absolute Gasteiger partial charge is 0.455 e. The fourth-order valence-corrected chi connectivity index (χ4v) is 4.61. The van der Waals surface area contributed by atoms with Crippen LogP contribution in [0.4, 0.5) is 10.1 Å². The van der Waals surface area contributed by atoms with E-state index < -0.39 is 33.7 Å². The molecule has 2 amide bonds. The Hall–Kier alpha value is -3.40. The third-order valence-electron chi connectivity index (χ3n) is 5.20. The molecule has 0 saturated heterocycles. The second-order valence-corrected chi connectivity index (χ2v) is 9.27. The van der Waals surface area contributed by atoms with Crippen molar-refractivity contribution in [3.05, 3.63) is 53.3 Å². The molecule has 8 nitrogen and oxygen atoms in total. The number of carbonyl (C=O) groups excluding carboxylic acids is 2. The number of nitrogens with one attached hydrogen (secondary N) is 2. The maximum atomic E-state index is 13.4. The van der Waals surface area contributed by atoms with E-state index in [1.54, 1.807) is 13.0 Å². The third kappa shape index (κ3) is 3.63. The lowest BCUT2D eigenvalue weighted by Gasteiger charge is -2.21. The van der Waals surface area contributed by atoms with Gasteiger partial charge in [0.25, 0.3) is 5.91 Å². The molecule has 0 radical (unpaired) electrons. The van der Waals surface area contributed by atoms with Crippen molar-refractivity contribution in [2.24, 2.45) is 0 Å². The first-order valence-corrected chi connectivity index (χ1v) is 11.3. The number of rotatable bonds is 3. The van der Waals surface area contributed by atoms with Crippen molar-refractivity contribution in [3.8, 4) is 11.3 Å². The van der Waals surface area contributed by atoms with Gasteiger partial charge in [0.1, 0.15) is 23.7 Å². The Bertz CT molecular complexity index is 1320. The molecule has 31 heavy (non-hydrogen) atoms. The monoisotopic (exact) mass is 445 g/mol. The van der Waals surface area contributed by atoms with E-state index in [9.17, 15) is 22.4 Å². The Labute approximate surface area is 178 Å². The molecular weight excluding hydrogens is 425 g/mol. The molecule has 3 aromatic rings. The number of benzene rings is 2. The van der Waals surface area contributed by atoms with Gasteiger partial charge in [-0.2, -0.15) is 0 Å². The standard InChI is InChI=1S/C21H20FN3O5S/c1-11-14-8-15-17(9-16(14)25(31(3,28)29)10-18(26)24-11)30-20(19(15)21(27)23-2)12-4-6-13(22)7-5-12/h4-9,11H,10H2,1-3H3,(H,23,27)(H,24,26). The zero-order valence-corrected chi connectivity index (χ0v) is 17.8. The van der Waals surface area contributed by atoms with Gasteiger partial charge in [0.2, 0.25) is 15.9 Å². The molecule has 2 aromatic carbocycles. The van der Waals surface area contributed by atoms with Gasteiger partial charge in [-0.3, -0.25) is 13.9 Å². The molecule has 1 aromatic heterocycles. The first-order valence-electron chi connectivity index (χ1n) is 9.45. The number of hydrogen-bond acceptors (Lipinski definition) is 5. The van der Waals surface area contributed by atoms with E-state index in [1.807, 2.05) is 0 Å². The minimum atomic E-state index is -3.76. The Morgan fingerprint density at radius 1 is 1.26 bits per heavy atom. The maximum absolute atomic E-state index is 13.4. The summed E-state index contributed by atoms with van der Waals surface area (Å²) in [7, 11) is -2.28. The van der Waals surface area contributed by atoms with Gasteiger partial charge in [0, 0.05) is 24.1 Å². The highest BCUT2D eigenvalue weighted by Crippen LogP contribution is 2.40. The molecule has 0 saturated carbocycles. The molecule has 1 atom stereocenters. The molecule has 0 bridgehead atoms. The Morgan fingerprint density at radius 2 is 1.94 bits per heavy atom. The van der Waals surface area contributed by atoms with Gasteiger partial charge in [-0.15, -0.1) is 0 Å². The minimum Gasteiger partial charge on any atom is -0.455 e. The number of anilines is 1. The lowest BCUT2D eigenvalue weighted by atomic mass is 9.99. The summed E-state index contributed by atoms with van der Waals surface area (Å²) in [6.45, 7) is 1.37. The van der Waals surface area contributed by atoms with Crippen molar-refractivity contribution in [1.82, 2.24) is 10.6 Å². The SMILES string of the molecule is CNC(=O)c1c(-c2ccc(F)cc2)oc2cc3c(cc12)C(C)NC(=O)CN3S(C)(=O)=O. The number of carbonyl (C=O) groups is 2. The summed E-state index contributed by atoms with van der Waals surface area (Å²) in [6.07, 6.45) is 1.02. The van der Waals surface area contributed by atoms with Crippen molar-refractivity contribution in [2.75, 3.05) is 24.2 Å². The first-order chi connectivity index (χ1) is 14.6. The van der Waals surface area contributed by atoms with Gasteiger partial charge < -0.3 is 15.1 Å². The smallest absolute Gasteiger partial charge is 0.255 e. The molecule has 4 rings (SSSR count). The minimum absolute atomic E-state index is 0.233. The Morgan fingerprint density at radius 3 is 2.55 bits per heavy atom. The zero-order valence-electron chi connectivity index (χ0n) is 17.0. The average Bonchev–Trinajstić information content (AvgIpc) is 3.02. The topological polar surface area (TPSA) is 109 Å². The van der Waals surface area contributed by atoms with Crippen LogP contribution in [-0.4, -0.2) is 40.1 Å². The number of sulfonamides is 1. The summed E-state index contributed by atoms with van der Waals surface area (Å²) in [5.74, 6) is -1.05. The van der Waals surface area contributed by atoms with E-state index in [0.29, 0.717) is 22.2 Å². The second-order valence-electron chi connectivity index (χ2n) is 7.36. The molecule has 0 spiro atoms. The predicted octanol–water partition coefficient (Wildman–Crippen LogP) is 2.56. The van der Waals surface area contributed by atoms with E-state index in [0.717, 1.165) is 10.6 Å². The lowest BCUT2D eigenvalue weighted by Crippen LogP contribution is -2.37. The van der Waals surface area contributed by atoms with Crippen LogP contribution in [0.5, 0.6) is 0 Å². The molecule has 2 N–H and O–H groups in total. The molecule has 1 aliphatic rings. The number of furan rings is 1. The normalized spacial score (nSPS) is 16.6. The van der Waals surface area contributed by atoms with E-state index in [4.69, 9.17) is 4.42 Å². The molecular formula is C21H20FN3O5S. The molecule has 1 unspecified atom stereocenters. The van der Waals surface area contributed by atoms with Crippen LogP contribution in [0, 0.1) is 5.82 Å². The van der Waals surface area contributed by atoms with Crippen molar-refractivity contribution < 1.29 is 26.8 Å². The highest BCUT2D eigenvalue weighted by molar-refractivity contribution is 7.92. The maximum Gasteiger partial charge on any atom is 0.255 e. The third-order valence-corrected chi connectivity index (χ3v) is 6.32. The van der Waals surface area contributed by atoms with Gasteiger partial charge in [0.05, 0.1) is 23.5 Å². The molecule has 0 fully saturated rings. The summed E-state index contributed by atoms with van der Waals surface area (Å²) in [5, 5.41) is 5.78. The molecule has 1 aliphatic heterocycles. The van der Waals surface area contributed by atoms with Crippen LogP contribution >= 0.6 is 0 Å². The van der Waals surface area contributed by atoms with Crippen LogP contribution in [0.15, 0.2) is 40.8 Å². The fourth-order valence-electron chi connectivity index (χ4n) is 3.74. The van der Waals surface area contributed by atoms with Gasteiger partial charge in [-0.25, -0.2) is 12.8 Å². The van der Waals surface area contributed by atoms with Gasteiger partial charge in [-0.05, 0) is 42.8 Å². The van der Waals surface area contributed by atoms with Gasteiger partial charge in [-0.1, -0.05) is 0 Å². The Kier molecular flexibility index (Phi) is 4.97. The van der Waals surface area contributed by atoms with Gasteiger partial charge >= 0.3 is 0 Å². The number of amides is 2. The van der Waals surface area contributed by atoms with Crippen molar-refractivity contribution in [2.45, 2.75) is 13.0 Å².